The van der Waals surface area contributed by atoms with Crippen LogP contribution in [0.1, 0.15) is 39.7 Å². The van der Waals surface area contributed by atoms with Crippen LogP contribution in [0.2, 0.25) is 0 Å². The molecule has 7 amide bonds. The molecule has 4 N–H and O–H groups in total. The summed E-state index contributed by atoms with van der Waals surface area (Å²) in [6, 6.07) is 6.41. The van der Waals surface area contributed by atoms with Gasteiger partial charge in [-0.1, -0.05) is 6.07 Å². The maximum absolute atomic E-state index is 14.9. The van der Waals surface area contributed by atoms with Gasteiger partial charge in [-0.05, 0) is 54.8 Å². The van der Waals surface area contributed by atoms with E-state index in [0.717, 1.165) is 0 Å². The van der Waals surface area contributed by atoms with E-state index in [4.69, 9.17) is 9.15 Å². The van der Waals surface area contributed by atoms with Crippen LogP contribution in [0.5, 0.6) is 5.75 Å². The standard InChI is InChI=1S/C26H22FN5O7/c1-11-6-16-13(7-14(11)25(2)21(34)28-23(36)30-25)8-17(39-16)26(22(35)29-24(37)31-26)10-32-9-12-4-5-15(38-3)19(27)18(12)20(32)33/h4-8H,9-10H2,1-3H3,(H2,28,30,34,36)(H2,29,31,35,37)/t25?,26-/m0/s1. The number of aryl methyl sites for hydroxylation is 1. The van der Waals surface area contributed by atoms with Gasteiger partial charge in [0.25, 0.3) is 17.7 Å². The Morgan fingerprint density at radius 1 is 1.03 bits per heavy atom. The molecule has 2 saturated heterocycles. The molecule has 200 valence electrons. The summed E-state index contributed by atoms with van der Waals surface area (Å²) in [5.41, 5.74) is -1.41. The van der Waals surface area contributed by atoms with Crippen LogP contribution in [0.3, 0.4) is 0 Å². The minimum atomic E-state index is -1.81. The molecular weight excluding hydrogens is 513 g/mol. The predicted octanol–water partition coefficient (Wildman–Crippen LogP) is 1.63. The monoisotopic (exact) mass is 535 g/mol. The van der Waals surface area contributed by atoms with Crippen molar-refractivity contribution in [3.05, 3.63) is 64.2 Å². The normalized spacial score (nSPS) is 24.1. The van der Waals surface area contributed by atoms with Crippen LogP contribution in [-0.2, 0) is 27.2 Å². The van der Waals surface area contributed by atoms with Gasteiger partial charge in [-0.15, -0.1) is 0 Å². The molecular formula is C26H22FN5O7. The maximum atomic E-state index is 14.9. The van der Waals surface area contributed by atoms with Crippen molar-refractivity contribution in [2.75, 3.05) is 13.7 Å². The van der Waals surface area contributed by atoms with Crippen LogP contribution >= 0.6 is 0 Å². The van der Waals surface area contributed by atoms with Gasteiger partial charge in [0, 0.05) is 11.9 Å². The van der Waals surface area contributed by atoms with E-state index in [-0.39, 0.29) is 30.2 Å². The summed E-state index contributed by atoms with van der Waals surface area (Å²) in [6.07, 6.45) is 0. The van der Waals surface area contributed by atoms with E-state index >= 15 is 0 Å². The van der Waals surface area contributed by atoms with E-state index in [9.17, 15) is 28.4 Å². The number of amides is 7. The number of halogens is 1. The summed E-state index contributed by atoms with van der Waals surface area (Å²) in [7, 11) is 1.29. The van der Waals surface area contributed by atoms with E-state index < -0.39 is 46.7 Å². The molecule has 0 saturated carbocycles. The fourth-order valence-corrected chi connectivity index (χ4v) is 5.49. The number of carbonyl (C=O) groups excluding carboxylic acids is 5. The molecule has 39 heavy (non-hydrogen) atoms. The highest BCUT2D eigenvalue weighted by Gasteiger charge is 2.53. The van der Waals surface area contributed by atoms with Crippen LogP contribution in [0.4, 0.5) is 14.0 Å². The fraction of sp³-hybridized carbons (Fsp3) is 0.269. The van der Waals surface area contributed by atoms with Crippen LogP contribution in [-0.4, -0.2) is 48.3 Å². The Labute approximate surface area is 219 Å². The number of carbonyl (C=O) groups is 5. The predicted molar refractivity (Wildman–Crippen MR) is 131 cm³/mol. The molecule has 2 atom stereocenters. The molecule has 0 aliphatic carbocycles. The van der Waals surface area contributed by atoms with Crippen molar-refractivity contribution in [1.82, 2.24) is 26.2 Å². The fourth-order valence-electron chi connectivity index (χ4n) is 5.49. The Balaban J connectivity index is 1.41. The molecule has 13 heteroatoms. The summed E-state index contributed by atoms with van der Waals surface area (Å²) in [4.78, 5) is 64.3. The molecule has 6 rings (SSSR count). The second-order valence-electron chi connectivity index (χ2n) is 9.94. The van der Waals surface area contributed by atoms with Gasteiger partial charge < -0.3 is 24.7 Å². The second kappa shape index (κ2) is 8.03. The molecule has 1 unspecified atom stereocenters. The van der Waals surface area contributed by atoms with E-state index in [1.165, 1.54) is 24.1 Å². The minimum Gasteiger partial charge on any atom is -0.494 e. The summed E-state index contributed by atoms with van der Waals surface area (Å²) in [5, 5.41) is 10.1. The maximum Gasteiger partial charge on any atom is 0.322 e. The van der Waals surface area contributed by atoms with Crippen LogP contribution in [0, 0.1) is 12.7 Å². The highest BCUT2D eigenvalue weighted by molar-refractivity contribution is 6.09. The highest BCUT2D eigenvalue weighted by atomic mass is 19.1. The Bertz CT molecular complexity index is 1670. The quantitative estimate of drug-likeness (QED) is 0.362. The van der Waals surface area contributed by atoms with Gasteiger partial charge in [0.05, 0.1) is 19.2 Å². The Morgan fingerprint density at radius 2 is 1.74 bits per heavy atom. The molecule has 2 aromatic carbocycles. The summed E-state index contributed by atoms with van der Waals surface area (Å²) < 4.78 is 25.9. The first-order valence-electron chi connectivity index (χ1n) is 11.9. The van der Waals surface area contributed by atoms with Crippen LogP contribution in [0.25, 0.3) is 11.0 Å². The molecule has 3 aliphatic rings. The van der Waals surface area contributed by atoms with E-state index in [1.54, 1.807) is 32.0 Å². The van der Waals surface area contributed by atoms with E-state index in [2.05, 4.69) is 21.3 Å². The summed E-state index contributed by atoms with van der Waals surface area (Å²) in [5.74, 6) is -2.80. The number of hydrogen-bond donors (Lipinski definition) is 4. The molecule has 1 aromatic heterocycles. The number of fused-ring (bicyclic) bond motifs is 2. The third-order valence-corrected chi connectivity index (χ3v) is 7.51. The molecule has 2 fully saturated rings. The lowest BCUT2D eigenvalue weighted by Gasteiger charge is -2.29. The van der Waals surface area contributed by atoms with Crippen molar-refractivity contribution >= 4 is 40.8 Å². The Kier molecular flexibility index (Phi) is 5.02. The first-order chi connectivity index (χ1) is 18.5. The molecule has 0 spiro atoms. The zero-order valence-electron chi connectivity index (χ0n) is 21.0. The lowest BCUT2D eigenvalue weighted by atomic mass is 9.87. The van der Waals surface area contributed by atoms with Gasteiger partial charge in [-0.2, -0.15) is 0 Å². The third kappa shape index (κ3) is 3.39. The first-order valence-corrected chi connectivity index (χ1v) is 11.9. The average Bonchev–Trinajstić information content (AvgIpc) is 3.58. The molecule has 4 heterocycles. The number of hydrogen-bond acceptors (Lipinski definition) is 7. The summed E-state index contributed by atoms with van der Waals surface area (Å²) in [6.45, 7) is 2.96. The molecule has 0 bridgehead atoms. The minimum absolute atomic E-state index is 0.00334. The number of benzene rings is 2. The Hall–Kier alpha value is -4.94. The number of methoxy groups -OCH3 is 1. The second-order valence-corrected chi connectivity index (χ2v) is 9.94. The summed E-state index contributed by atoms with van der Waals surface area (Å²) >= 11 is 0. The first kappa shape index (κ1) is 24.4. The van der Waals surface area contributed by atoms with Crippen molar-refractivity contribution in [3.63, 3.8) is 0 Å². The van der Waals surface area contributed by atoms with Gasteiger partial charge in [0.1, 0.15) is 16.9 Å². The highest BCUT2D eigenvalue weighted by Crippen LogP contribution is 2.38. The molecule has 3 aliphatic heterocycles. The number of imide groups is 2. The topological polar surface area (TPSA) is 159 Å². The molecule has 3 aromatic rings. The zero-order chi connectivity index (χ0) is 27.9. The molecule has 0 radical (unpaired) electrons. The molecule has 12 nitrogen and oxygen atoms in total. The van der Waals surface area contributed by atoms with E-state index in [1.807, 2.05) is 0 Å². The number of urea groups is 2. The smallest absolute Gasteiger partial charge is 0.322 e. The van der Waals surface area contributed by atoms with Gasteiger partial charge >= 0.3 is 12.1 Å². The third-order valence-electron chi connectivity index (χ3n) is 7.51. The largest absolute Gasteiger partial charge is 0.494 e. The lowest BCUT2D eigenvalue weighted by molar-refractivity contribution is -0.125. The van der Waals surface area contributed by atoms with Crippen molar-refractivity contribution < 1.29 is 37.5 Å². The van der Waals surface area contributed by atoms with Crippen molar-refractivity contribution in [1.29, 1.82) is 0 Å². The SMILES string of the molecule is COc1ccc2c(c1F)C(=O)N(C[C@@]1(c3cc4cc(C5(C)NC(=O)NC5=O)c(C)cc4o3)NC(=O)NC1=O)C2. The van der Waals surface area contributed by atoms with Crippen molar-refractivity contribution in [2.45, 2.75) is 31.5 Å². The van der Waals surface area contributed by atoms with Gasteiger partial charge in [0.15, 0.2) is 17.1 Å². The Morgan fingerprint density at radius 3 is 2.38 bits per heavy atom. The number of nitrogens with one attached hydrogen (secondary N) is 4. The van der Waals surface area contributed by atoms with Crippen molar-refractivity contribution in [3.8, 4) is 5.75 Å². The number of nitrogens with zero attached hydrogens (tertiary/aromatic N) is 1. The van der Waals surface area contributed by atoms with E-state index in [0.29, 0.717) is 27.7 Å². The van der Waals surface area contributed by atoms with Crippen LogP contribution < -0.4 is 26.0 Å². The zero-order valence-corrected chi connectivity index (χ0v) is 21.0. The van der Waals surface area contributed by atoms with Crippen molar-refractivity contribution in [2.24, 2.45) is 0 Å². The number of ether oxygens (including phenoxy) is 1. The number of furan rings is 1. The van der Waals surface area contributed by atoms with Crippen LogP contribution in [0.15, 0.2) is 34.7 Å². The number of rotatable bonds is 5. The van der Waals surface area contributed by atoms with Gasteiger partial charge in [-0.3, -0.25) is 25.0 Å². The average molecular weight is 535 g/mol. The lowest BCUT2D eigenvalue weighted by Crippen LogP contribution is -2.52. The van der Waals surface area contributed by atoms with Gasteiger partial charge in [0.2, 0.25) is 0 Å². The van der Waals surface area contributed by atoms with Gasteiger partial charge in [-0.25, -0.2) is 14.0 Å².